The normalized spacial score (nSPS) is 16.9. The molecule has 4 heterocycles. The van der Waals surface area contributed by atoms with Crippen LogP contribution in [0.1, 0.15) is 47.5 Å². The van der Waals surface area contributed by atoms with E-state index in [-0.39, 0.29) is 12.0 Å². The van der Waals surface area contributed by atoms with Crippen LogP contribution in [-0.2, 0) is 17.7 Å². The third-order valence-electron chi connectivity index (χ3n) is 5.17. The van der Waals surface area contributed by atoms with Crippen molar-refractivity contribution < 1.29 is 14.1 Å². The number of aryl methyl sites for hydroxylation is 3. The zero-order valence-corrected chi connectivity index (χ0v) is 17.0. The van der Waals surface area contributed by atoms with Crippen molar-refractivity contribution in [2.24, 2.45) is 0 Å². The second-order valence-corrected chi connectivity index (χ2v) is 7.06. The van der Waals surface area contributed by atoms with Gasteiger partial charge in [-0.25, -0.2) is 4.98 Å². The van der Waals surface area contributed by atoms with E-state index in [1.165, 1.54) is 0 Å². The molecule has 29 heavy (non-hydrogen) atoms. The third kappa shape index (κ3) is 3.80. The van der Waals surface area contributed by atoms with E-state index in [0.717, 1.165) is 41.4 Å². The highest BCUT2D eigenvalue weighted by atomic mass is 16.5. The summed E-state index contributed by atoms with van der Waals surface area (Å²) in [5.41, 5.74) is 3.97. The number of pyridine rings is 1. The summed E-state index contributed by atoms with van der Waals surface area (Å²) >= 11 is 0. The molecule has 0 radical (unpaired) electrons. The maximum Gasteiger partial charge on any atom is 0.257 e. The molecule has 1 aliphatic heterocycles. The molecule has 1 atom stereocenters. The van der Waals surface area contributed by atoms with Gasteiger partial charge in [0.1, 0.15) is 11.9 Å². The molecule has 1 saturated heterocycles. The molecule has 3 aromatic heterocycles. The molecule has 1 amide bonds. The molecule has 0 aromatic carbocycles. The van der Waals surface area contributed by atoms with Crippen LogP contribution in [0.15, 0.2) is 35.1 Å². The number of carbonyl (C=O) groups excluding carboxylic acids is 1. The molecule has 152 valence electrons. The highest BCUT2D eigenvalue weighted by Gasteiger charge is 2.28. The number of amides is 1. The maximum absolute atomic E-state index is 12.9. The van der Waals surface area contributed by atoms with Crippen LogP contribution in [-0.4, -0.2) is 50.4 Å². The van der Waals surface area contributed by atoms with Crippen molar-refractivity contribution in [3.8, 4) is 11.3 Å². The molecule has 3 aromatic rings. The number of carbonyl (C=O) groups is 1. The molecular formula is C21H25N5O3. The van der Waals surface area contributed by atoms with Crippen molar-refractivity contribution in [3.05, 3.63) is 53.3 Å². The fraction of sp³-hybridized carbons (Fsp3) is 0.429. The van der Waals surface area contributed by atoms with Crippen LogP contribution in [0.25, 0.3) is 11.3 Å². The molecule has 1 aliphatic rings. The van der Waals surface area contributed by atoms with Crippen molar-refractivity contribution >= 4 is 5.91 Å². The predicted molar refractivity (Wildman–Crippen MR) is 106 cm³/mol. The van der Waals surface area contributed by atoms with Gasteiger partial charge in [-0.15, -0.1) is 0 Å². The van der Waals surface area contributed by atoms with E-state index < -0.39 is 0 Å². The Balaban J connectivity index is 1.55. The average Bonchev–Trinajstić information content (AvgIpc) is 3.39. The molecule has 8 heteroatoms. The fourth-order valence-corrected chi connectivity index (χ4v) is 3.60. The molecule has 0 N–H and O–H groups in total. The van der Waals surface area contributed by atoms with Crippen molar-refractivity contribution in [2.45, 2.75) is 39.8 Å². The van der Waals surface area contributed by atoms with Gasteiger partial charge in [0, 0.05) is 25.7 Å². The number of hydrogen-bond donors (Lipinski definition) is 0. The lowest BCUT2D eigenvalue weighted by atomic mass is 10.1. The van der Waals surface area contributed by atoms with Crippen LogP contribution in [0.2, 0.25) is 0 Å². The van der Waals surface area contributed by atoms with E-state index >= 15 is 0 Å². The molecule has 0 bridgehead atoms. The topological polar surface area (TPSA) is 86.3 Å². The number of ether oxygens (including phenoxy) is 1. The summed E-state index contributed by atoms with van der Waals surface area (Å²) in [4.78, 5) is 19.5. The largest absolute Gasteiger partial charge is 0.368 e. The SMILES string of the molecule is CCc1onc(C)c1-c1cccc([C@@H]2CN(C(=O)c3cnn(CC)c3)CCO2)n1. The Labute approximate surface area is 169 Å². The minimum Gasteiger partial charge on any atom is -0.368 e. The van der Waals surface area contributed by atoms with Crippen LogP contribution in [0, 0.1) is 6.92 Å². The maximum atomic E-state index is 12.9. The lowest BCUT2D eigenvalue weighted by molar-refractivity contribution is -0.0246. The first-order valence-electron chi connectivity index (χ1n) is 9.96. The number of morpholine rings is 1. The number of nitrogens with zero attached hydrogens (tertiary/aromatic N) is 5. The lowest BCUT2D eigenvalue weighted by Gasteiger charge is -2.32. The van der Waals surface area contributed by atoms with Gasteiger partial charge in [0.15, 0.2) is 0 Å². The highest BCUT2D eigenvalue weighted by molar-refractivity contribution is 5.93. The summed E-state index contributed by atoms with van der Waals surface area (Å²) < 4.78 is 13.1. The van der Waals surface area contributed by atoms with E-state index in [4.69, 9.17) is 14.2 Å². The van der Waals surface area contributed by atoms with E-state index in [9.17, 15) is 4.79 Å². The van der Waals surface area contributed by atoms with Crippen molar-refractivity contribution in [1.82, 2.24) is 24.8 Å². The number of hydrogen-bond acceptors (Lipinski definition) is 6. The van der Waals surface area contributed by atoms with E-state index in [0.29, 0.717) is 25.3 Å². The van der Waals surface area contributed by atoms with Gasteiger partial charge < -0.3 is 14.2 Å². The molecular weight excluding hydrogens is 370 g/mol. The fourth-order valence-electron chi connectivity index (χ4n) is 3.60. The molecule has 0 spiro atoms. The van der Waals surface area contributed by atoms with Crippen molar-refractivity contribution in [3.63, 3.8) is 0 Å². The van der Waals surface area contributed by atoms with Gasteiger partial charge >= 0.3 is 0 Å². The van der Waals surface area contributed by atoms with Crippen molar-refractivity contribution in [2.75, 3.05) is 19.7 Å². The summed E-state index contributed by atoms with van der Waals surface area (Å²) in [6.07, 6.45) is 3.87. The molecule has 0 unspecified atom stereocenters. The van der Waals surface area contributed by atoms with Crippen LogP contribution in [0.5, 0.6) is 0 Å². The van der Waals surface area contributed by atoms with E-state index in [1.54, 1.807) is 17.1 Å². The Kier molecular flexibility index (Phi) is 5.44. The average molecular weight is 395 g/mol. The minimum atomic E-state index is -0.279. The van der Waals surface area contributed by atoms with Gasteiger partial charge in [-0.05, 0) is 26.0 Å². The first kappa shape index (κ1) is 19.3. The number of rotatable bonds is 5. The van der Waals surface area contributed by atoms with Crippen molar-refractivity contribution in [1.29, 1.82) is 0 Å². The summed E-state index contributed by atoms with van der Waals surface area (Å²) in [6, 6.07) is 5.84. The van der Waals surface area contributed by atoms with Crippen LogP contribution < -0.4 is 0 Å². The molecule has 0 saturated carbocycles. The molecule has 8 nitrogen and oxygen atoms in total. The van der Waals surface area contributed by atoms with Crippen LogP contribution in [0.4, 0.5) is 0 Å². The number of aromatic nitrogens is 4. The van der Waals surface area contributed by atoms with Gasteiger partial charge in [-0.1, -0.05) is 18.1 Å². The predicted octanol–water partition coefficient (Wildman–Crippen LogP) is 3.04. The second kappa shape index (κ2) is 8.16. The Morgan fingerprint density at radius 3 is 2.93 bits per heavy atom. The molecule has 0 aliphatic carbocycles. The molecule has 1 fully saturated rings. The Bertz CT molecular complexity index is 1010. The summed E-state index contributed by atoms with van der Waals surface area (Å²) in [5, 5.41) is 8.28. The summed E-state index contributed by atoms with van der Waals surface area (Å²) in [6.45, 7) is 8.15. The van der Waals surface area contributed by atoms with E-state index in [2.05, 4.69) is 10.3 Å². The van der Waals surface area contributed by atoms with Gasteiger partial charge in [0.05, 0.1) is 47.6 Å². The van der Waals surface area contributed by atoms with Crippen LogP contribution in [0.3, 0.4) is 0 Å². The Morgan fingerprint density at radius 1 is 1.31 bits per heavy atom. The lowest BCUT2D eigenvalue weighted by Crippen LogP contribution is -2.42. The van der Waals surface area contributed by atoms with Gasteiger partial charge in [-0.2, -0.15) is 5.10 Å². The van der Waals surface area contributed by atoms with Crippen LogP contribution >= 0.6 is 0 Å². The van der Waals surface area contributed by atoms with Gasteiger partial charge in [0.2, 0.25) is 0 Å². The smallest absolute Gasteiger partial charge is 0.257 e. The van der Waals surface area contributed by atoms with E-state index in [1.807, 2.05) is 43.9 Å². The minimum absolute atomic E-state index is 0.0303. The Hall–Kier alpha value is -3.00. The highest BCUT2D eigenvalue weighted by Crippen LogP contribution is 2.29. The standard InChI is InChI=1S/C21H25N5O3/c1-4-18-20(14(3)24-29-18)17-8-6-7-16(23-17)19-13-25(9-10-28-19)21(27)15-11-22-26(5-2)12-15/h6-8,11-12,19H,4-5,9-10,13H2,1-3H3/t19-/m0/s1. The third-order valence-corrected chi connectivity index (χ3v) is 5.17. The zero-order valence-electron chi connectivity index (χ0n) is 17.0. The first-order chi connectivity index (χ1) is 14.1. The first-order valence-corrected chi connectivity index (χ1v) is 9.96. The molecule has 4 rings (SSSR count). The van der Waals surface area contributed by atoms with Gasteiger partial charge in [0.25, 0.3) is 5.91 Å². The quantitative estimate of drug-likeness (QED) is 0.660. The van der Waals surface area contributed by atoms with Gasteiger partial charge in [-0.3, -0.25) is 9.48 Å². The zero-order chi connectivity index (χ0) is 20.4. The monoisotopic (exact) mass is 395 g/mol. The second-order valence-electron chi connectivity index (χ2n) is 7.06. The summed E-state index contributed by atoms with van der Waals surface area (Å²) in [5.74, 6) is 0.791. The Morgan fingerprint density at radius 2 is 2.17 bits per heavy atom. The summed E-state index contributed by atoms with van der Waals surface area (Å²) in [7, 11) is 0.